The van der Waals surface area contributed by atoms with Crippen LogP contribution in [0.25, 0.3) is 10.2 Å². The number of methoxy groups -OCH3 is 1. The number of rotatable bonds is 2. The summed E-state index contributed by atoms with van der Waals surface area (Å²) in [6.07, 6.45) is 0. The lowest BCUT2D eigenvalue weighted by Gasteiger charge is -2.38. The van der Waals surface area contributed by atoms with Crippen molar-refractivity contribution in [2.45, 2.75) is 26.3 Å². The van der Waals surface area contributed by atoms with Crippen molar-refractivity contribution in [2.24, 2.45) is 5.41 Å². The normalized spacial score (nSPS) is 15.5. The molecule has 6 heteroatoms. The minimum Gasteiger partial charge on any atom is -0.497 e. The van der Waals surface area contributed by atoms with Crippen LogP contribution < -0.4 is 4.74 Å². The number of hydrogen-bond donors (Lipinski definition) is 1. The lowest BCUT2D eigenvalue weighted by molar-refractivity contribution is 0.0167. The van der Waals surface area contributed by atoms with Crippen molar-refractivity contribution in [1.82, 2.24) is 4.98 Å². The van der Waals surface area contributed by atoms with Gasteiger partial charge in [-0.3, -0.25) is 0 Å². The topological polar surface area (TPSA) is 42.4 Å². The summed E-state index contributed by atoms with van der Waals surface area (Å²) in [4.78, 5) is 4.49. The third-order valence-electron chi connectivity index (χ3n) is 3.66. The number of aromatic nitrogens is 1. The number of nitrogens with zero attached hydrogens (tertiary/aromatic N) is 1. The van der Waals surface area contributed by atoms with Crippen molar-refractivity contribution >= 4 is 45.3 Å². The van der Waals surface area contributed by atoms with Gasteiger partial charge in [-0.05, 0) is 33.5 Å². The molecule has 0 bridgehead atoms. The van der Waals surface area contributed by atoms with Gasteiger partial charge in [-0.15, -0.1) is 11.3 Å². The second kappa shape index (κ2) is 4.75. The maximum atomic E-state index is 10.9. The van der Waals surface area contributed by atoms with E-state index in [9.17, 15) is 5.11 Å². The van der Waals surface area contributed by atoms with E-state index >= 15 is 0 Å². The summed E-state index contributed by atoms with van der Waals surface area (Å²) in [6, 6.07) is 3.82. The molecule has 1 aromatic carbocycles. The highest BCUT2D eigenvalue weighted by atomic mass is 79.9. The maximum absolute atomic E-state index is 10.9. The molecule has 0 saturated carbocycles. The first kappa shape index (κ1) is 14.8. The van der Waals surface area contributed by atoms with Gasteiger partial charge >= 0.3 is 0 Å². The van der Waals surface area contributed by atoms with Crippen molar-refractivity contribution in [2.75, 3.05) is 7.11 Å². The molecular formula is C13H17BBrNO2S. The minimum atomic E-state index is -0.993. The highest BCUT2D eigenvalue weighted by Crippen LogP contribution is 2.42. The van der Waals surface area contributed by atoms with Crippen molar-refractivity contribution in [3.63, 3.8) is 0 Å². The Morgan fingerprint density at radius 1 is 1.37 bits per heavy atom. The van der Waals surface area contributed by atoms with E-state index in [1.54, 1.807) is 7.11 Å². The average Bonchev–Trinajstić information content (AvgIpc) is 2.65. The Kier molecular flexibility index (Phi) is 3.71. The van der Waals surface area contributed by atoms with Gasteiger partial charge in [0.2, 0.25) is 0 Å². The molecule has 1 heterocycles. The van der Waals surface area contributed by atoms with Crippen LogP contribution in [-0.4, -0.2) is 25.0 Å². The number of halogens is 1. The van der Waals surface area contributed by atoms with E-state index in [-0.39, 0.29) is 5.41 Å². The van der Waals surface area contributed by atoms with Crippen LogP contribution in [0.2, 0.25) is 0 Å². The summed E-state index contributed by atoms with van der Waals surface area (Å²) in [7, 11) is 3.46. The Balaban J connectivity index is 2.77. The summed E-state index contributed by atoms with van der Waals surface area (Å²) < 4.78 is 7.14. The quantitative estimate of drug-likeness (QED) is 0.854. The lowest BCUT2D eigenvalue weighted by Crippen LogP contribution is -2.40. The predicted molar refractivity (Wildman–Crippen MR) is 85.8 cm³/mol. The van der Waals surface area contributed by atoms with Crippen LogP contribution >= 0.6 is 27.3 Å². The highest BCUT2D eigenvalue weighted by molar-refractivity contribution is 9.11. The number of ether oxygens (including phenoxy) is 1. The summed E-state index contributed by atoms with van der Waals surface area (Å²) >= 11 is 4.94. The fourth-order valence-corrected chi connectivity index (χ4v) is 3.32. The number of hydrogen-bond acceptors (Lipinski definition) is 4. The van der Waals surface area contributed by atoms with Crippen molar-refractivity contribution in [3.05, 3.63) is 21.6 Å². The average molecular weight is 342 g/mol. The van der Waals surface area contributed by atoms with Gasteiger partial charge in [-0.1, -0.05) is 20.8 Å². The lowest BCUT2D eigenvalue weighted by atomic mass is 9.60. The first-order valence-electron chi connectivity index (χ1n) is 6.04. The Bertz CT molecular complexity index is 619. The minimum absolute atomic E-state index is 0.303. The number of aliphatic hydroxyl groups is 1. The van der Waals surface area contributed by atoms with E-state index < -0.39 is 5.50 Å². The van der Waals surface area contributed by atoms with Crippen molar-refractivity contribution in [3.8, 4) is 5.75 Å². The fourth-order valence-electron chi connectivity index (χ4n) is 1.87. The van der Waals surface area contributed by atoms with Crippen LogP contribution in [0.1, 0.15) is 26.3 Å². The molecule has 1 unspecified atom stereocenters. The standard InChI is InChI=1S/C13H17BBrNO2S/c1-12(2,3)13(14,17)8-5-7(18-4)6-9-10(8)16-11(15)19-9/h5-6,17H,14H2,1-4H3. The van der Waals surface area contributed by atoms with E-state index in [1.165, 1.54) is 11.3 Å². The molecule has 0 amide bonds. The Hall–Kier alpha value is -0.585. The number of fused-ring (bicyclic) bond motifs is 1. The molecule has 2 aromatic rings. The maximum Gasteiger partial charge on any atom is 0.160 e. The molecule has 102 valence electrons. The van der Waals surface area contributed by atoms with Crippen LogP contribution in [-0.2, 0) is 5.50 Å². The van der Waals surface area contributed by atoms with E-state index in [2.05, 4.69) is 20.9 Å². The van der Waals surface area contributed by atoms with Crippen molar-refractivity contribution in [1.29, 1.82) is 0 Å². The summed E-state index contributed by atoms with van der Waals surface area (Å²) in [5.41, 5.74) is 0.337. The molecule has 1 N–H and O–H groups in total. The number of thiazole rings is 1. The van der Waals surface area contributed by atoms with Crippen LogP contribution in [0.4, 0.5) is 0 Å². The zero-order valence-corrected chi connectivity index (χ0v) is 14.1. The summed E-state index contributed by atoms with van der Waals surface area (Å²) in [5, 5.41) is 10.9. The summed E-state index contributed by atoms with van der Waals surface area (Å²) in [5.74, 6) is 0.739. The first-order chi connectivity index (χ1) is 8.66. The molecule has 19 heavy (non-hydrogen) atoms. The molecule has 0 aliphatic heterocycles. The van der Waals surface area contributed by atoms with Gasteiger partial charge in [0.25, 0.3) is 0 Å². The molecule has 0 fully saturated rings. The van der Waals surface area contributed by atoms with Crippen LogP contribution in [0, 0.1) is 5.41 Å². The van der Waals surface area contributed by atoms with Gasteiger partial charge in [0, 0.05) is 5.56 Å². The highest BCUT2D eigenvalue weighted by Gasteiger charge is 2.39. The zero-order chi connectivity index (χ0) is 14.4. The molecule has 0 aliphatic rings. The molecule has 0 radical (unpaired) electrons. The Morgan fingerprint density at radius 3 is 2.53 bits per heavy atom. The Labute approximate surface area is 126 Å². The largest absolute Gasteiger partial charge is 0.497 e. The second-order valence-corrected chi connectivity index (χ2v) is 8.12. The van der Waals surface area contributed by atoms with Gasteiger partial charge in [-0.25, -0.2) is 4.98 Å². The van der Waals surface area contributed by atoms with E-state index in [1.807, 2.05) is 40.8 Å². The van der Waals surface area contributed by atoms with Gasteiger partial charge in [0.15, 0.2) is 3.92 Å². The molecule has 2 rings (SSSR count). The molecule has 1 aromatic heterocycles. The van der Waals surface area contributed by atoms with Crippen LogP contribution in [0.5, 0.6) is 5.75 Å². The van der Waals surface area contributed by atoms with Crippen LogP contribution in [0.3, 0.4) is 0 Å². The van der Waals surface area contributed by atoms with E-state index in [0.717, 1.165) is 25.4 Å². The van der Waals surface area contributed by atoms with Crippen LogP contribution in [0.15, 0.2) is 16.0 Å². The Morgan fingerprint density at radius 2 is 2.00 bits per heavy atom. The SMILES string of the molecule is BC(O)(c1cc(OC)cc2sc(Br)nc12)C(C)(C)C. The first-order valence-corrected chi connectivity index (χ1v) is 7.64. The molecule has 0 spiro atoms. The zero-order valence-electron chi connectivity index (χ0n) is 11.7. The third kappa shape index (κ3) is 2.53. The van der Waals surface area contributed by atoms with Gasteiger partial charge in [0.1, 0.15) is 13.6 Å². The number of benzene rings is 1. The molecule has 3 nitrogen and oxygen atoms in total. The van der Waals surface area contributed by atoms with E-state index in [4.69, 9.17) is 4.74 Å². The van der Waals surface area contributed by atoms with Crippen molar-refractivity contribution < 1.29 is 9.84 Å². The predicted octanol–water partition coefficient (Wildman–Crippen LogP) is 2.89. The fraction of sp³-hybridized carbons (Fsp3) is 0.462. The monoisotopic (exact) mass is 341 g/mol. The molecular weight excluding hydrogens is 325 g/mol. The van der Waals surface area contributed by atoms with Gasteiger partial charge in [-0.2, -0.15) is 0 Å². The van der Waals surface area contributed by atoms with E-state index in [0.29, 0.717) is 0 Å². The molecule has 1 atom stereocenters. The third-order valence-corrected chi connectivity index (χ3v) is 5.12. The molecule has 0 aliphatic carbocycles. The smallest absolute Gasteiger partial charge is 0.160 e. The van der Waals surface area contributed by atoms with Gasteiger partial charge < -0.3 is 9.84 Å². The second-order valence-electron chi connectivity index (χ2n) is 5.81. The van der Waals surface area contributed by atoms with Gasteiger partial charge in [0.05, 0.1) is 22.8 Å². The summed E-state index contributed by atoms with van der Waals surface area (Å²) in [6.45, 7) is 6.04. The molecule has 0 saturated heterocycles.